The van der Waals surface area contributed by atoms with E-state index in [1.807, 2.05) is 30.9 Å². The molecular formula is C19H19N3O2S2. The van der Waals surface area contributed by atoms with Gasteiger partial charge in [0.25, 0.3) is 0 Å². The van der Waals surface area contributed by atoms with Gasteiger partial charge in [-0.15, -0.1) is 0 Å². The van der Waals surface area contributed by atoms with Crippen molar-refractivity contribution in [2.75, 3.05) is 13.1 Å². The molecule has 0 amide bonds. The average molecular weight is 386 g/mol. The van der Waals surface area contributed by atoms with Crippen LogP contribution in [-0.2, 0) is 23.4 Å². The smallest absolute Gasteiger partial charge is 0.183 e. The summed E-state index contributed by atoms with van der Waals surface area (Å²) in [7, 11) is -1.35. The summed E-state index contributed by atoms with van der Waals surface area (Å²) in [6.07, 6.45) is 3.84. The molecule has 0 aliphatic carbocycles. The Labute approximate surface area is 156 Å². The quantitative estimate of drug-likeness (QED) is 0.696. The molecule has 2 aliphatic heterocycles. The molecule has 2 aliphatic rings. The number of rotatable bonds is 3. The second kappa shape index (κ2) is 5.77. The predicted molar refractivity (Wildman–Crippen MR) is 102 cm³/mol. The van der Waals surface area contributed by atoms with Crippen molar-refractivity contribution in [1.82, 2.24) is 14.7 Å². The maximum Gasteiger partial charge on any atom is 0.183 e. The third-order valence-corrected chi connectivity index (χ3v) is 8.42. The van der Waals surface area contributed by atoms with Crippen LogP contribution < -0.4 is 0 Å². The number of nitrogens with zero attached hydrogens (tertiary/aromatic N) is 3. The maximum atomic E-state index is 13.0. The number of hydrogen-bond donors (Lipinski definition) is 0. The third-order valence-electron chi connectivity index (χ3n) is 5.48. The molecule has 5 rings (SSSR count). The van der Waals surface area contributed by atoms with Gasteiger partial charge in [-0.3, -0.25) is 9.58 Å². The van der Waals surface area contributed by atoms with Crippen LogP contribution in [0.15, 0.2) is 52.3 Å². The van der Waals surface area contributed by atoms with Crippen LogP contribution in [0, 0.1) is 0 Å². The fourth-order valence-corrected chi connectivity index (χ4v) is 7.13. The summed E-state index contributed by atoms with van der Waals surface area (Å²) in [5.74, 6) is 0.0604. The van der Waals surface area contributed by atoms with E-state index < -0.39 is 9.84 Å². The summed E-state index contributed by atoms with van der Waals surface area (Å²) in [5.41, 5.74) is 4.37. The molecule has 0 N–H and O–H groups in total. The number of fused-ring (bicyclic) bond motifs is 3. The van der Waals surface area contributed by atoms with Gasteiger partial charge in [0.15, 0.2) is 9.84 Å². The Bertz CT molecular complexity index is 1070. The van der Waals surface area contributed by atoms with Crippen molar-refractivity contribution in [3.63, 3.8) is 0 Å². The Morgan fingerprint density at radius 1 is 1.23 bits per heavy atom. The van der Waals surface area contributed by atoms with E-state index >= 15 is 0 Å². The van der Waals surface area contributed by atoms with Crippen LogP contribution in [0.1, 0.15) is 17.0 Å². The van der Waals surface area contributed by atoms with Crippen LogP contribution in [0.4, 0.5) is 0 Å². The second-order valence-electron chi connectivity index (χ2n) is 7.17. The molecule has 1 fully saturated rings. The van der Waals surface area contributed by atoms with Crippen molar-refractivity contribution >= 4 is 21.2 Å². The SMILES string of the molecule is Cn1cc(CN2C[C@@H]3c4cc(-c5ccsc5)ccc4S(=O)(=O)[C@@H]3C2)cn1. The highest BCUT2D eigenvalue weighted by atomic mass is 32.2. The van der Waals surface area contributed by atoms with Gasteiger partial charge in [0.2, 0.25) is 0 Å². The van der Waals surface area contributed by atoms with Gasteiger partial charge >= 0.3 is 0 Å². The van der Waals surface area contributed by atoms with E-state index in [9.17, 15) is 8.42 Å². The van der Waals surface area contributed by atoms with Gasteiger partial charge in [-0.25, -0.2) is 8.42 Å². The topological polar surface area (TPSA) is 55.2 Å². The molecule has 0 radical (unpaired) electrons. The lowest BCUT2D eigenvalue weighted by molar-refractivity contribution is 0.325. The summed E-state index contributed by atoms with van der Waals surface area (Å²) < 4.78 is 27.8. The van der Waals surface area contributed by atoms with Crippen LogP contribution in [0.2, 0.25) is 0 Å². The molecule has 2 atom stereocenters. The van der Waals surface area contributed by atoms with Crippen molar-refractivity contribution in [2.24, 2.45) is 7.05 Å². The summed E-state index contributed by atoms with van der Waals surface area (Å²) in [4.78, 5) is 2.77. The lowest BCUT2D eigenvalue weighted by Crippen LogP contribution is -2.25. The molecular weight excluding hydrogens is 366 g/mol. The van der Waals surface area contributed by atoms with Crippen molar-refractivity contribution < 1.29 is 8.42 Å². The summed E-state index contributed by atoms with van der Waals surface area (Å²) >= 11 is 1.66. The Kier molecular flexibility index (Phi) is 3.60. The Hall–Kier alpha value is -1.96. The molecule has 0 bridgehead atoms. The molecule has 7 heteroatoms. The fraction of sp³-hybridized carbons (Fsp3) is 0.316. The largest absolute Gasteiger partial charge is 0.297 e. The predicted octanol–water partition coefficient (Wildman–Crippen LogP) is 2.90. The van der Waals surface area contributed by atoms with Gasteiger partial charge in [-0.05, 0) is 45.6 Å². The van der Waals surface area contributed by atoms with Crippen molar-refractivity contribution in [3.05, 3.63) is 58.5 Å². The zero-order valence-corrected chi connectivity index (χ0v) is 16.0. The van der Waals surface area contributed by atoms with Gasteiger partial charge in [-0.1, -0.05) is 6.07 Å². The third kappa shape index (κ3) is 2.46. The summed E-state index contributed by atoms with van der Waals surface area (Å²) in [6, 6.07) is 7.91. The lowest BCUT2D eigenvalue weighted by Gasteiger charge is -2.16. The normalized spacial score (nSPS) is 23.9. The number of hydrogen-bond acceptors (Lipinski definition) is 5. The molecule has 4 heterocycles. The Morgan fingerprint density at radius 2 is 2.12 bits per heavy atom. The number of aromatic nitrogens is 2. The minimum Gasteiger partial charge on any atom is -0.297 e. The van der Waals surface area contributed by atoms with Crippen molar-refractivity contribution in [3.8, 4) is 11.1 Å². The van der Waals surface area contributed by atoms with Crippen LogP contribution in [0.3, 0.4) is 0 Å². The van der Waals surface area contributed by atoms with Gasteiger partial charge in [0, 0.05) is 44.4 Å². The number of likely N-dealkylation sites (tertiary alicyclic amines) is 1. The first-order valence-corrected chi connectivity index (χ1v) is 11.1. The van der Waals surface area contributed by atoms with Crippen LogP contribution >= 0.6 is 11.3 Å². The van der Waals surface area contributed by atoms with E-state index in [0.29, 0.717) is 11.4 Å². The van der Waals surface area contributed by atoms with E-state index in [-0.39, 0.29) is 11.2 Å². The Morgan fingerprint density at radius 3 is 2.85 bits per heavy atom. The van der Waals surface area contributed by atoms with Crippen LogP contribution in [0.5, 0.6) is 0 Å². The first kappa shape index (κ1) is 16.2. The van der Waals surface area contributed by atoms with E-state index in [0.717, 1.165) is 35.3 Å². The first-order chi connectivity index (χ1) is 12.5. The standard InChI is InChI=1S/C19H19N3O2S2/c1-21-8-13(7-20-21)9-22-10-17-16-6-14(15-4-5-25-12-15)2-3-18(16)26(23,24)19(17)11-22/h2-8,12,17,19H,9-11H2,1H3/t17-,19-/m1/s1. The molecule has 26 heavy (non-hydrogen) atoms. The molecule has 0 spiro atoms. The number of thiophene rings is 1. The zero-order valence-electron chi connectivity index (χ0n) is 14.4. The maximum absolute atomic E-state index is 13.0. The molecule has 1 saturated heterocycles. The number of benzene rings is 1. The molecule has 0 unspecified atom stereocenters. The average Bonchev–Trinajstić information content (AvgIpc) is 3.37. The van der Waals surface area contributed by atoms with Gasteiger partial charge in [0.05, 0.1) is 16.3 Å². The highest BCUT2D eigenvalue weighted by molar-refractivity contribution is 7.92. The molecule has 3 aromatic rings. The highest BCUT2D eigenvalue weighted by Gasteiger charge is 2.50. The fourth-order valence-electron chi connectivity index (χ4n) is 4.27. The molecule has 0 saturated carbocycles. The molecule has 1 aromatic carbocycles. The molecule has 134 valence electrons. The van der Waals surface area contributed by atoms with Gasteiger partial charge in [-0.2, -0.15) is 16.4 Å². The molecule has 5 nitrogen and oxygen atoms in total. The summed E-state index contributed by atoms with van der Waals surface area (Å²) in [6.45, 7) is 2.11. The van der Waals surface area contributed by atoms with Crippen molar-refractivity contribution in [1.29, 1.82) is 0 Å². The van der Waals surface area contributed by atoms with Crippen LogP contribution in [-0.4, -0.2) is 41.4 Å². The number of sulfone groups is 1. The van der Waals surface area contributed by atoms with Gasteiger partial charge < -0.3 is 0 Å². The second-order valence-corrected chi connectivity index (χ2v) is 10.1. The van der Waals surface area contributed by atoms with E-state index in [2.05, 4.69) is 27.5 Å². The monoisotopic (exact) mass is 385 g/mol. The first-order valence-electron chi connectivity index (χ1n) is 8.62. The van der Waals surface area contributed by atoms with Crippen LogP contribution in [0.25, 0.3) is 11.1 Å². The van der Waals surface area contributed by atoms with Gasteiger partial charge in [0.1, 0.15) is 0 Å². The molecule has 2 aromatic heterocycles. The van der Waals surface area contributed by atoms with E-state index in [4.69, 9.17) is 0 Å². The van der Waals surface area contributed by atoms with E-state index in [1.165, 1.54) is 0 Å². The minimum absolute atomic E-state index is 0.0604. The minimum atomic E-state index is -3.25. The summed E-state index contributed by atoms with van der Waals surface area (Å²) in [5, 5.41) is 8.03. The zero-order chi connectivity index (χ0) is 17.9. The number of aryl methyl sites for hydroxylation is 1. The van der Waals surface area contributed by atoms with E-state index in [1.54, 1.807) is 22.1 Å². The van der Waals surface area contributed by atoms with Crippen molar-refractivity contribution in [2.45, 2.75) is 22.6 Å². The Balaban J connectivity index is 1.48. The highest BCUT2D eigenvalue weighted by Crippen LogP contribution is 2.46. The lowest BCUT2D eigenvalue weighted by atomic mass is 9.95.